The van der Waals surface area contributed by atoms with Crippen LogP contribution in [0.25, 0.3) is 11.1 Å². The molecule has 3 aromatic rings. The number of para-hydroxylation sites is 2. The third-order valence-corrected chi connectivity index (χ3v) is 4.08. The number of oxazole rings is 1. The molecule has 1 amide bonds. The first-order valence-electron chi connectivity index (χ1n) is 8.55. The average molecular weight is 382 g/mol. The molecular weight excluding hydrogens is 364 g/mol. The molecule has 0 fully saturated rings. The van der Waals surface area contributed by atoms with Crippen LogP contribution in [0, 0.1) is 0 Å². The lowest BCUT2D eigenvalue weighted by Crippen LogP contribution is -2.32. The van der Waals surface area contributed by atoms with E-state index in [-0.39, 0.29) is 12.3 Å². The van der Waals surface area contributed by atoms with Crippen molar-refractivity contribution in [3.63, 3.8) is 0 Å². The molecule has 0 bridgehead atoms. The third-order valence-electron chi connectivity index (χ3n) is 4.08. The first kappa shape index (κ1) is 19.1. The molecule has 0 aliphatic rings. The van der Waals surface area contributed by atoms with Gasteiger partial charge in [-0.1, -0.05) is 24.3 Å². The van der Waals surface area contributed by atoms with Gasteiger partial charge in [0.25, 0.3) is 5.91 Å². The number of rotatable bonds is 6. The van der Waals surface area contributed by atoms with Gasteiger partial charge in [0, 0.05) is 11.3 Å². The fraction of sp³-hybridized carbons (Fsp3) is 0.200. The molecule has 8 nitrogen and oxygen atoms in total. The van der Waals surface area contributed by atoms with E-state index >= 15 is 0 Å². The number of esters is 1. The van der Waals surface area contributed by atoms with E-state index in [1.54, 1.807) is 42.5 Å². The summed E-state index contributed by atoms with van der Waals surface area (Å²) in [5, 5.41) is 2.59. The van der Waals surface area contributed by atoms with Crippen LogP contribution in [0.4, 0.5) is 5.69 Å². The summed E-state index contributed by atoms with van der Waals surface area (Å²) in [5.74, 6) is -2.13. The number of hydrogen-bond donors (Lipinski definition) is 1. The molecule has 0 aliphatic heterocycles. The summed E-state index contributed by atoms with van der Waals surface area (Å²) in [5.41, 5.74) is 1.69. The highest BCUT2D eigenvalue weighted by Gasteiger charge is 2.20. The molecule has 0 aliphatic carbocycles. The van der Waals surface area contributed by atoms with Gasteiger partial charge in [0.1, 0.15) is 6.54 Å². The Morgan fingerprint density at radius 2 is 1.89 bits per heavy atom. The van der Waals surface area contributed by atoms with Crippen LogP contribution in [0.1, 0.15) is 24.2 Å². The number of carbonyl (C=O) groups excluding carboxylic acids is 3. The topological polar surface area (TPSA) is 108 Å². The Hall–Kier alpha value is -3.68. The molecule has 28 heavy (non-hydrogen) atoms. The second kappa shape index (κ2) is 7.91. The molecule has 0 radical (unpaired) electrons. The Morgan fingerprint density at radius 1 is 1.14 bits per heavy atom. The van der Waals surface area contributed by atoms with Gasteiger partial charge in [-0.15, -0.1) is 0 Å². The molecule has 3 rings (SSSR count). The summed E-state index contributed by atoms with van der Waals surface area (Å²) in [4.78, 5) is 47.7. The zero-order valence-corrected chi connectivity index (χ0v) is 15.3. The molecule has 1 heterocycles. The second-order valence-electron chi connectivity index (χ2n) is 6.18. The number of aromatic nitrogens is 1. The largest absolute Gasteiger partial charge is 0.451 e. The number of amides is 1. The Labute approximate surface area is 159 Å². The number of ketones is 1. The first-order chi connectivity index (χ1) is 13.3. The monoisotopic (exact) mass is 382 g/mol. The first-order valence-corrected chi connectivity index (χ1v) is 8.55. The van der Waals surface area contributed by atoms with Crippen LogP contribution in [-0.4, -0.2) is 28.3 Å². The van der Waals surface area contributed by atoms with Gasteiger partial charge in [0.2, 0.25) is 0 Å². The van der Waals surface area contributed by atoms with Crippen LogP contribution < -0.4 is 11.1 Å². The molecule has 8 heteroatoms. The van der Waals surface area contributed by atoms with Gasteiger partial charge in [0.05, 0.1) is 5.52 Å². The third kappa shape index (κ3) is 4.17. The summed E-state index contributed by atoms with van der Waals surface area (Å²) >= 11 is 0. The van der Waals surface area contributed by atoms with Crippen molar-refractivity contribution >= 4 is 34.4 Å². The van der Waals surface area contributed by atoms with Gasteiger partial charge >= 0.3 is 11.7 Å². The lowest BCUT2D eigenvalue weighted by atomic mass is 10.1. The van der Waals surface area contributed by atoms with Gasteiger partial charge in [-0.05, 0) is 38.1 Å². The van der Waals surface area contributed by atoms with Crippen molar-refractivity contribution in [2.75, 3.05) is 5.32 Å². The number of nitrogens with one attached hydrogen (secondary N) is 1. The van der Waals surface area contributed by atoms with Crippen molar-refractivity contribution < 1.29 is 23.5 Å². The zero-order valence-electron chi connectivity index (χ0n) is 15.3. The lowest BCUT2D eigenvalue weighted by Gasteiger charge is -2.14. The second-order valence-corrected chi connectivity index (χ2v) is 6.18. The van der Waals surface area contributed by atoms with Crippen molar-refractivity contribution in [2.45, 2.75) is 26.5 Å². The van der Waals surface area contributed by atoms with Gasteiger partial charge in [0.15, 0.2) is 17.5 Å². The summed E-state index contributed by atoms with van der Waals surface area (Å²) in [6.45, 7) is 2.46. The van der Waals surface area contributed by atoms with Crippen LogP contribution in [0.15, 0.2) is 57.7 Å². The Bertz CT molecular complexity index is 1110. The number of anilines is 1. The number of fused-ring (bicyclic) bond motifs is 1. The van der Waals surface area contributed by atoms with Crippen LogP contribution >= 0.6 is 0 Å². The molecule has 0 spiro atoms. The van der Waals surface area contributed by atoms with E-state index in [1.807, 2.05) is 0 Å². The van der Waals surface area contributed by atoms with Crippen LogP contribution in [0.5, 0.6) is 0 Å². The molecule has 1 atom stereocenters. The van der Waals surface area contributed by atoms with Crippen LogP contribution in [0.3, 0.4) is 0 Å². The molecule has 2 aromatic carbocycles. The quantitative estimate of drug-likeness (QED) is 0.518. The average Bonchev–Trinajstić information content (AvgIpc) is 2.97. The van der Waals surface area contributed by atoms with E-state index in [0.717, 1.165) is 4.57 Å². The van der Waals surface area contributed by atoms with Gasteiger partial charge < -0.3 is 14.5 Å². The Balaban J connectivity index is 1.64. The predicted molar refractivity (Wildman–Crippen MR) is 101 cm³/mol. The fourth-order valence-corrected chi connectivity index (χ4v) is 2.64. The molecule has 144 valence electrons. The maximum Gasteiger partial charge on any atom is 0.420 e. The normalized spacial score (nSPS) is 11.8. The zero-order chi connectivity index (χ0) is 20.3. The van der Waals surface area contributed by atoms with Gasteiger partial charge in [-0.3, -0.25) is 19.0 Å². The maximum atomic E-state index is 12.3. The minimum Gasteiger partial charge on any atom is -0.451 e. The van der Waals surface area contributed by atoms with E-state index in [4.69, 9.17) is 9.15 Å². The predicted octanol–water partition coefficient (Wildman–Crippen LogP) is 2.37. The van der Waals surface area contributed by atoms with E-state index in [0.29, 0.717) is 22.4 Å². The summed E-state index contributed by atoms with van der Waals surface area (Å²) in [7, 11) is 0. The highest BCUT2D eigenvalue weighted by atomic mass is 16.5. The van der Waals surface area contributed by atoms with Crippen molar-refractivity contribution in [1.29, 1.82) is 0 Å². The van der Waals surface area contributed by atoms with Gasteiger partial charge in [-0.25, -0.2) is 4.79 Å². The highest BCUT2D eigenvalue weighted by molar-refractivity contribution is 5.98. The molecule has 0 saturated carbocycles. The van der Waals surface area contributed by atoms with Crippen molar-refractivity contribution in [2.24, 2.45) is 0 Å². The van der Waals surface area contributed by atoms with Crippen molar-refractivity contribution in [3.8, 4) is 0 Å². The SMILES string of the molecule is CC(=O)c1cccc(NC(=O)[C@@H](C)OC(=O)Cn2c(=O)oc3ccccc32)c1. The Morgan fingerprint density at radius 3 is 2.64 bits per heavy atom. The highest BCUT2D eigenvalue weighted by Crippen LogP contribution is 2.13. The van der Waals surface area contributed by atoms with Crippen molar-refractivity contribution in [1.82, 2.24) is 4.57 Å². The smallest absolute Gasteiger partial charge is 0.420 e. The standard InChI is InChI=1S/C20H18N2O6/c1-12(23)14-6-5-7-15(10-14)21-19(25)13(2)27-18(24)11-22-16-8-3-4-9-17(16)28-20(22)26/h3-10,13H,11H2,1-2H3,(H,21,25)/t13-/m1/s1. The molecule has 0 saturated heterocycles. The fourth-order valence-electron chi connectivity index (χ4n) is 2.64. The number of hydrogen-bond acceptors (Lipinski definition) is 6. The summed E-state index contributed by atoms with van der Waals surface area (Å²) < 4.78 is 11.3. The molecule has 1 N–H and O–H groups in total. The minimum atomic E-state index is -1.10. The molecular formula is C20H18N2O6. The van der Waals surface area contributed by atoms with E-state index in [9.17, 15) is 19.2 Å². The summed E-state index contributed by atoms with van der Waals surface area (Å²) in [6.07, 6.45) is -1.10. The minimum absolute atomic E-state index is 0.131. The van der Waals surface area contributed by atoms with Crippen molar-refractivity contribution in [3.05, 3.63) is 64.6 Å². The van der Waals surface area contributed by atoms with E-state index < -0.39 is 23.7 Å². The van der Waals surface area contributed by atoms with E-state index in [1.165, 1.54) is 19.9 Å². The number of Topliss-reactive ketones (excluding diaryl/α,β-unsaturated/α-hetero) is 1. The molecule has 1 aromatic heterocycles. The van der Waals surface area contributed by atoms with Crippen LogP contribution in [0.2, 0.25) is 0 Å². The lowest BCUT2D eigenvalue weighted by molar-refractivity contribution is -0.153. The van der Waals surface area contributed by atoms with Crippen LogP contribution in [-0.2, 0) is 20.9 Å². The summed E-state index contributed by atoms with van der Waals surface area (Å²) in [6, 6.07) is 13.1. The number of carbonyl (C=O) groups is 3. The number of nitrogens with zero attached hydrogens (tertiary/aromatic N) is 1. The number of ether oxygens (including phenoxy) is 1. The maximum absolute atomic E-state index is 12.3. The molecule has 0 unspecified atom stereocenters. The van der Waals surface area contributed by atoms with E-state index in [2.05, 4.69) is 5.32 Å². The Kier molecular flexibility index (Phi) is 5.39. The number of benzene rings is 2. The van der Waals surface area contributed by atoms with Gasteiger partial charge in [-0.2, -0.15) is 0 Å².